The lowest BCUT2D eigenvalue weighted by Crippen LogP contribution is -2.54. The maximum absolute atomic E-state index is 12.5. The number of methoxy groups -OCH3 is 1. The predicted molar refractivity (Wildman–Crippen MR) is 177 cm³/mol. The Morgan fingerprint density at radius 1 is 1.12 bits per heavy atom. The van der Waals surface area contributed by atoms with E-state index in [2.05, 4.69) is 36.5 Å². The summed E-state index contributed by atoms with van der Waals surface area (Å²) in [5.41, 5.74) is 8.44. The van der Waals surface area contributed by atoms with Crippen molar-refractivity contribution < 1.29 is 42.5 Å². The second kappa shape index (κ2) is 12.1. The molecule has 0 amide bonds. The highest BCUT2D eigenvalue weighted by molar-refractivity contribution is 8.07. The summed E-state index contributed by atoms with van der Waals surface area (Å²) in [5, 5.41) is 9.70. The Labute approximate surface area is 284 Å². The molecule has 3 aliphatic heterocycles. The Bertz CT molecular complexity index is 2080. The number of hydrogen-bond acceptors (Lipinski definition) is 18. The molecular formula is C23H28N10O10P2S3. The number of aromatic amines is 1. The van der Waals surface area contributed by atoms with Crippen LogP contribution in [0.15, 0.2) is 36.4 Å². The highest BCUT2D eigenvalue weighted by Crippen LogP contribution is 2.59. The van der Waals surface area contributed by atoms with Gasteiger partial charge >= 0.3 is 13.4 Å². The molecule has 3 fully saturated rings. The molecule has 0 aromatic carbocycles. The third-order valence-electron chi connectivity index (χ3n) is 8.26. The van der Waals surface area contributed by atoms with Crippen LogP contribution in [-0.4, -0.2) is 110 Å². The monoisotopic (exact) mass is 762 g/mol. The van der Waals surface area contributed by atoms with Crippen molar-refractivity contribution in [3.63, 3.8) is 0 Å². The molecule has 48 heavy (non-hydrogen) atoms. The van der Waals surface area contributed by atoms with Crippen LogP contribution in [0.2, 0.25) is 0 Å². The Morgan fingerprint density at radius 3 is 2.62 bits per heavy atom. The second-order valence-electron chi connectivity index (χ2n) is 10.9. The van der Waals surface area contributed by atoms with Crippen molar-refractivity contribution in [2.24, 2.45) is 0 Å². The van der Waals surface area contributed by atoms with Crippen LogP contribution in [-0.2, 0) is 56.9 Å². The molecule has 7 rings (SSSR count). The molecule has 9 atom stereocenters. The molecule has 0 aliphatic carbocycles. The average molecular weight is 763 g/mol. The van der Waals surface area contributed by atoms with E-state index in [0.29, 0.717) is 0 Å². The van der Waals surface area contributed by atoms with Gasteiger partial charge in [-0.2, -0.15) is 4.98 Å². The van der Waals surface area contributed by atoms with Gasteiger partial charge in [-0.3, -0.25) is 28.0 Å². The van der Waals surface area contributed by atoms with E-state index in [1.54, 1.807) is 0 Å². The van der Waals surface area contributed by atoms with E-state index >= 15 is 0 Å². The van der Waals surface area contributed by atoms with Crippen molar-refractivity contribution in [1.29, 1.82) is 0 Å². The Balaban J connectivity index is 1.29. The highest BCUT2D eigenvalue weighted by Gasteiger charge is 2.63. The summed E-state index contributed by atoms with van der Waals surface area (Å²) in [6.07, 6.45) is 1.24. The van der Waals surface area contributed by atoms with Gasteiger partial charge in [-0.25, -0.2) is 19.9 Å². The third-order valence-corrected chi connectivity index (χ3v) is 12.9. The number of imidazole rings is 2. The number of nitrogen functional groups attached to an aromatic ring is 2. The maximum Gasteiger partial charge on any atom is 0.325 e. The number of hydrogen-bond donors (Lipinski definition) is 6. The van der Waals surface area contributed by atoms with Crippen molar-refractivity contribution in [1.82, 2.24) is 39.0 Å². The summed E-state index contributed by atoms with van der Waals surface area (Å²) in [7, 11) is 1.37. The molecule has 0 saturated carbocycles. The number of aliphatic hydroxyl groups excluding tert-OH is 1. The molecule has 258 valence electrons. The molecule has 8 N–H and O–H groups in total. The van der Waals surface area contributed by atoms with Gasteiger partial charge in [-0.1, -0.05) is 6.08 Å². The average Bonchev–Trinajstić information content (AvgIpc) is 3.80. The molecule has 3 saturated heterocycles. The number of ether oxygens (including phenoxy) is 2. The quantitative estimate of drug-likeness (QED) is 0.114. The van der Waals surface area contributed by atoms with Gasteiger partial charge in [0.15, 0.2) is 28.7 Å². The number of fused-ring (bicyclic) bond motifs is 5. The van der Waals surface area contributed by atoms with Gasteiger partial charge in [0.2, 0.25) is 11.7 Å². The second-order valence-corrected chi connectivity index (χ2v) is 17.9. The van der Waals surface area contributed by atoms with Gasteiger partial charge in [0.05, 0.1) is 43.8 Å². The fourth-order valence-electron chi connectivity index (χ4n) is 5.90. The molecule has 2 bridgehead atoms. The molecule has 20 nitrogen and oxygen atoms in total. The normalized spacial score (nSPS) is 37.5. The van der Waals surface area contributed by atoms with Crippen LogP contribution in [0.4, 0.5) is 11.8 Å². The first-order valence-corrected chi connectivity index (χ1v) is 20.0. The van der Waals surface area contributed by atoms with Crippen LogP contribution < -0.4 is 17.0 Å². The molecule has 3 aliphatic rings. The minimum Gasteiger partial charge on any atom is -0.389 e. The zero-order chi connectivity index (χ0) is 34.2. The molecule has 0 spiro atoms. The van der Waals surface area contributed by atoms with Crippen LogP contribution in [0.1, 0.15) is 5.37 Å². The lowest BCUT2D eigenvalue weighted by Gasteiger charge is -2.40. The van der Waals surface area contributed by atoms with Gasteiger partial charge in [0.1, 0.15) is 28.9 Å². The molecule has 25 heteroatoms. The van der Waals surface area contributed by atoms with Crippen LogP contribution >= 0.6 is 25.2 Å². The number of thioether (sulfide) groups is 1. The first-order valence-electron chi connectivity index (χ1n) is 13.9. The van der Waals surface area contributed by atoms with E-state index in [1.807, 2.05) is 0 Å². The van der Waals surface area contributed by atoms with E-state index in [9.17, 15) is 19.7 Å². The number of nitrogens with one attached hydrogen (secondary N) is 1. The van der Waals surface area contributed by atoms with Crippen LogP contribution in [0.25, 0.3) is 22.3 Å². The number of H-pyrrole nitrogens is 1. The van der Waals surface area contributed by atoms with Gasteiger partial charge in [-0.15, -0.1) is 18.3 Å². The summed E-state index contributed by atoms with van der Waals surface area (Å²) in [6, 6.07) is 0. The number of nitrogens with two attached hydrogens (primary N) is 2. The number of nitrogens with zero attached hydrogens (tertiary/aromatic N) is 7. The number of aliphatic hydroxyl groups is 1. The topological polar surface area (TPSA) is 275 Å². The van der Waals surface area contributed by atoms with Crippen molar-refractivity contribution in [3.05, 3.63) is 42.0 Å². The van der Waals surface area contributed by atoms with E-state index in [0.717, 1.165) is 11.8 Å². The van der Waals surface area contributed by atoms with Crippen molar-refractivity contribution >= 4 is 82.9 Å². The number of rotatable bonds is 4. The van der Waals surface area contributed by atoms with Crippen molar-refractivity contribution in [2.75, 3.05) is 38.4 Å². The smallest absolute Gasteiger partial charge is 0.325 e. The lowest BCUT2D eigenvalue weighted by atomic mass is 9.92. The fourth-order valence-corrected chi connectivity index (χ4v) is 10.4. The van der Waals surface area contributed by atoms with Crippen molar-refractivity contribution in [2.45, 2.75) is 40.3 Å². The van der Waals surface area contributed by atoms with Crippen LogP contribution in [0.5, 0.6) is 0 Å². The summed E-state index contributed by atoms with van der Waals surface area (Å²) >= 11 is 12.0. The number of aromatic nitrogens is 8. The fraction of sp³-hybridized carbons (Fsp3) is 0.478. The SMILES string of the molecule is C=C[C@@]12COP(O)(=S)O[C@@H]3[C@H](O)[C@@H](COP(O)(=S)O[C@H]1[C@@](OC)(n1cnc4c(N)ncnc41)CO2)S[C@H]3n1cnc2c(=O)[nH]c(N)nc21. The predicted octanol–water partition coefficient (Wildman–Crippen LogP) is -0.396. The van der Waals surface area contributed by atoms with E-state index < -0.39 is 65.9 Å². The summed E-state index contributed by atoms with van der Waals surface area (Å²) in [5.74, 6) is -0.0652. The molecule has 0 radical (unpaired) electrons. The van der Waals surface area contributed by atoms with E-state index in [-0.39, 0.29) is 47.3 Å². The first kappa shape index (κ1) is 34.0. The van der Waals surface area contributed by atoms with Crippen LogP contribution in [0.3, 0.4) is 0 Å². The zero-order valence-corrected chi connectivity index (χ0v) is 28.9. The Morgan fingerprint density at radius 2 is 1.88 bits per heavy atom. The van der Waals surface area contributed by atoms with E-state index in [1.165, 1.54) is 41.3 Å². The van der Waals surface area contributed by atoms with Crippen LogP contribution in [0, 0.1) is 0 Å². The number of anilines is 2. The van der Waals surface area contributed by atoms with E-state index in [4.69, 9.17) is 62.6 Å². The molecule has 4 aromatic rings. The minimum atomic E-state index is -4.24. The van der Waals surface area contributed by atoms with Gasteiger partial charge < -0.3 is 44.9 Å². The summed E-state index contributed by atoms with van der Waals surface area (Å²) in [6.45, 7) is -5.73. The lowest BCUT2D eigenvalue weighted by molar-refractivity contribution is -0.136. The largest absolute Gasteiger partial charge is 0.389 e. The van der Waals surface area contributed by atoms with Gasteiger partial charge in [-0.05, 0) is 23.6 Å². The molecule has 4 aromatic heterocycles. The minimum absolute atomic E-state index is 0.0233. The molecule has 2 unspecified atom stereocenters. The first-order chi connectivity index (χ1) is 22.7. The third kappa shape index (κ3) is 5.51. The highest BCUT2D eigenvalue weighted by atomic mass is 32.5. The summed E-state index contributed by atoms with van der Waals surface area (Å²) in [4.78, 5) is 58.6. The zero-order valence-electron chi connectivity index (χ0n) is 24.6. The molecular weight excluding hydrogens is 734 g/mol. The van der Waals surface area contributed by atoms with Gasteiger partial charge in [0.25, 0.3) is 5.56 Å². The Kier molecular flexibility index (Phi) is 8.57. The maximum atomic E-state index is 12.5. The van der Waals surface area contributed by atoms with Crippen molar-refractivity contribution in [3.8, 4) is 0 Å². The summed E-state index contributed by atoms with van der Waals surface area (Å²) < 4.78 is 39.0. The van der Waals surface area contributed by atoms with Gasteiger partial charge in [0, 0.05) is 7.11 Å². The Hall–Kier alpha value is -2.47. The standard InChI is InChI=1S/C23H28N10O10P2S3/c1-3-22-5-41-45(37,47)42-14-13(34)10(48-19(14)32-8-28-12-17(32)30-21(25)31-18(12)35)4-40-44(36,46)43-20(22)23(38-2,6-39-22)33-9-29-11-15(24)26-7-27-16(11)33/h3,7-10,13-14,19-20,34H,1,4-6H2,2H3,(H,36,46)(H,37,47)(H2,24,26,27)(H3,25,30,31,35)/t10-,13-,14-,19-,20-,22-,23-,44?,45?/m1/s1. The molecule has 7 heterocycles.